The number of thiol groups is 1. The van der Waals surface area contributed by atoms with Crippen LogP contribution in [-0.4, -0.2) is 11.1 Å². The lowest BCUT2D eigenvalue weighted by molar-refractivity contribution is 0.0696. The number of benzene rings is 1. The van der Waals surface area contributed by atoms with Crippen LogP contribution in [0, 0.1) is 11.6 Å². The normalized spacial score (nSPS) is 10.2. The number of carboxylic acid groups (broad SMARTS) is 1. The number of aromatic carboxylic acids is 1. The lowest BCUT2D eigenvalue weighted by Crippen LogP contribution is -2.01. The van der Waals surface area contributed by atoms with E-state index in [4.69, 9.17) is 16.7 Å². The van der Waals surface area contributed by atoms with Crippen molar-refractivity contribution in [3.05, 3.63) is 28.3 Å². The van der Waals surface area contributed by atoms with Crippen molar-refractivity contribution in [2.75, 3.05) is 0 Å². The first-order valence-electron chi connectivity index (χ1n) is 3.05. The van der Waals surface area contributed by atoms with Gasteiger partial charge in [-0.3, -0.25) is 0 Å². The average molecular weight is 225 g/mol. The Morgan fingerprint density at radius 3 is 2.54 bits per heavy atom. The SMILES string of the molecule is O=C(O)c1cc(F)c(F)c(S)c1Cl. The van der Waals surface area contributed by atoms with E-state index in [1.165, 1.54) is 0 Å². The summed E-state index contributed by atoms with van der Waals surface area (Å²) in [4.78, 5) is 9.93. The van der Waals surface area contributed by atoms with Crippen molar-refractivity contribution in [3.8, 4) is 0 Å². The van der Waals surface area contributed by atoms with Crippen molar-refractivity contribution in [2.24, 2.45) is 0 Å². The Morgan fingerprint density at radius 1 is 1.54 bits per heavy atom. The molecule has 0 unspecified atom stereocenters. The molecule has 0 spiro atoms. The van der Waals surface area contributed by atoms with Crippen LogP contribution < -0.4 is 0 Å². The number of hydrogen-bond donors (Lipinski definition) is 2. The number of rotatable bonds is 1. The molecule has 0 heterocycles. The van der Waals surface area contributed by atoms with Gasteiger partial charge in [0.2, 0.25) is 0 Å². The topological polar surface area (TPSA) is 37.3 Å². The third-order valence-corrected chi connectivity index (χ3v) is 2.31. The number of carbonyl (C=O) groups is 1. The van der Waals surface area contributed by atoms with Gasteiger partial charge in [-0.15, -0.1) is 12.6 Å². The van der Waals surface area contributed by atoms with Gasteiger partial charge in [0, 0.05) is 0 Å². The van der Waals surface area contributed by atoms with Crippen LogP contribution in [0.4, 0.5) is 8.78 Å². The van der Waals surface area contributed by atoms with Crippen LogP contribution in [0.2, 0.25) is 5.02 Å². The van der Waals surface area contributed by atoms with Gasteiger partial charge in [-0.1, -0.05) is 11.6 Å². The largest absolute Gasteiger partial charge is 0.478 e. The lowest BCUT2D eigenvalue weighted by atomic mass is 10.2. The molecule has 0 atom stereocenters. The van der Waals surface area contributed by atoms with Crippen molar-refractivity contribution in [2.45, 2.75) is 4.90 Å². The smallest absolute Gasteiger partial charge is 0.337 e. The van der Waals surface area contributed by atoms with Gasteiger partial charge in [0.15, 0.2) is 11.6 Å². The minimum absolute atomic E-state index is 0.408. The molecule has 0 amide bonds. The van der Waals surface area contributed by atoms with E-state index in [0.29, 0.717) is 6.07 Å². The highest BCUT2D eigenvalue weighted by Gasteiger charge is 2.18. The molecule has 0 radical (unpaired) electrons. The zero-order valence-corrected chi connectivity index (χ0v) is 7.66. The van der Waals surface area contributed by atoms with Gasteiger partial charge >= 0.3 is 5.97 Å². The molecule has 1 N–H and O–H groups in total. The molecule has 0 bridgehead atoms. The summed E-state index contributed by atoms with van der Waals surface area (Å²) in [5.74, 6) is -3.97. The third kappa shape index (κ3) is 1.76. The molecule has 1 rings (SSSR count). The molecular weight excluding hydrogens is 222 g/mol. The Bertz CT molecular complexity index is 381. The van der Waals surface area contributed by atoms with Gasteiger partial charge in [0.05, 0.1) is 15.5 Å². The van der Waals surface area contributed by atoms with Crippen molar-refractivity contribution < 1.29 is 18.7 Å². The first kappa shape index (κ1) is 10.3. The molecule has 2 nitrogen and oxygen atoms in total. The maximum Gasteiger partial charge on any atom is 0.337 e. The van der Waals surface area contributed by atoms with Crippen LogP contribution in [0.25, 0.3) is 0 Å². The molecule has 0 aliphatic rings. The Balaban J connectivity index is 3.50. The van der Waals surface area contributed by atoms with Crippen LogP contribution >= 0.6 is 24.2 Å². The van der Waals surface area contributed by atoms with E-state index >= 15 is 0 Å². The summed E-state index contributed by atoms with van der Waals surface area (Å²) in [5, 5.41) is 8.09. The van der Waals surface area contributed by atoms with Gasteiger partial charge in [-0.05, 0) is 6.07 Å². The molecule has 13 heavy (non-hydrogen) atoms. The molecule has 0 aliphatic carbocycles. The Morgan fingerprint density at radius 2 is 2.08 bits per heavy atom. The molecule has 0 aliphatic heterocycles. The lowest BCUT2D eigenvalue weighted by Gasteiger charge is -2.03. The molecular formula is C7H3ClF2O2S. The van der Waals surface area contributed by atoms with Crippen LogP contribution in [0.5, 0.6) is 0 Å². The highest BCUT2D eigenvalue weighted by molar-refractivity contribution is 7.80. The van der Waals surface area contributed by atoms with E-state index in [2.05, 4.69) is 12.6 Å². The Hall–Kier alpha value is -0.810. The molecule has 70 valence electrons. The maximum atomic E-state index is 12.7. The van der Waals surface area contributed by atoms with E-state index in [1.807, 2.05) is 0 Å². The summed E-state index contributed by atoms with van der Waals surface area (Å²) in [6.45, 7) is 0. The number of hydrogen-bond acceptors (Lipinski definition) is 2. The highest BCUT2D eigenvalue weighted by atomic mass is 35.5. The monoisotopic (exact) mass is 224 g/mol. The molecule has 0 saturated carbocycles. The van der Waals surface area contributed by atoms with Gasteiger partial charge in [-0.2, -0.15) is 0 Å². The van der Waals surface area contributed by atoms with Crippen LogP contribution in [-0.2, 0) is 0 Å². The zero-order chi connectivity index (χ0) is 10.2. The highest BCUT2D eigenvalue weighted by Crippen LogP contribution is 2.28. The predicted molar refractivity (Wildman–Crippen MR) is 45.6 cm³/mol. The molecule has 6 heteroatoms. The summed E-state index contributed by atoms with van der Waals surface area (Å²) < 4.78 is 25.3. The second kappa shape index (κ2) is 3.51. The van der Waals surface area contributed by atoms with Gasteiger partial charge in [-0.25, -0.2) is 13.6 Å². The van der Waals surface area contributed by atoms with E-state index in [9.17, 15) is 13.6 Å². The van der Waals surface area contributed by atoms with Crippen molar-refractivity contribution in [1.82, 2.24) is 0 Å². The third-order valence-electron chi connectivity index (χ3n) is 1.36. The summed E-state index contributed by atoms with van der Waals surface area (Å²) in [6.07, 6.45) is 0. The van der Waals surface area contributed by atoms with Gasteiger partial charge in [0.25, 0.3) is 0 Å². The minimum atomic E-state index is -1.43. The fourth-order valence-corrected chi connectivity index (χ4v) is 1.19. The van der Waals surface area contributed by atoms with Gasteiger partial charge < -0.3 is 5.11 Å². The molecule has 1 aromatic rings. The van der Waals surface area contributed by atoms with E-state index in [1.54, 1.807) is 0 Å². The molecule has 0 saturated heterocycles. The molecule has 1 aromatic carbocycles. The van der Waals surface area contributed by atoms with Crippen molar-refractivity contribution in [3.63, 3.8) is 0 Å². The Kier molecular flexibility index (Phi) is 2.77. The summed E-state index contributed by atoms with van der Waals surface area (Å²) in [6, 6.07) is 0.514. The zero-order valence-electron chi connectivity index (χ0n) is 6.01. The van der Waals surface area contributed by atoms with E-state index in [0.717, 1.165) is 0 Å². The first-order chi connectivity index (χ1) is 5.95. The summed E-state index contributed by atoms with van der Waals surface area (Å²) in [5.41, 5.74) is -0.509. The van der Waals surface area contributed by atoms with E-state index < -0.39 is 33.1 Å². The summed E-state index contributed by atoms with van der Waals surface area (Å²) in [7, 11) is 0. The first-order valence-corrected chi connectivity index (χ1v) is 3.87. The summed E-state index contributed by atoms with van der Waals surface area (Å²) >= 11 is 8.94. The van der Waals surface area contributed by atoms with Gasteiger partial charge in [0.1, 0.15) is 0 Å². The second-order valence-corrected chi connectivity index (χ2v) is 3.01. The van der Waals surface area contributed by atoms with Crippen molar-refractivity contribution in [1.29, 1.82) is 0 Å². The standard InChI is InChI=1S/C7H3ClF2O2S/c8-4-2(7(11)12)1-3(9)5(10)6(4)13/h1,13H,(H,11,12). The minimum Gasteiger partial charge on any atom is -0.478 e. The quantitative estimate of drug-likeness (QED) is 0.568. The molecule has 0 fully saturated rings. The number of halogens is 3. The fraction of sp³-hybridized carbons (Fsp3) is 0. The fourth-order valence-electron chi connectivity index (χ4n) is 0.746. The van der Waals surface area contributed by atoms with E-state index in [-0.39, 0.29) is 0 Å². The second-order valence-electron chi connectivity index (χ2n) is 2.19. The van der Waals surface area contributed by atoms with Crippen LogP contribution in [0.15, 0.2) is 11.0 Å². The predicted octanol–water partition coefficient (Wildman–Crippen LogP) is 2.61. The van der Waals surface area contributed by atoms with Crippen LogP contribution in [0.3, 0.4) is 0 Å². The van der Waals surface area contributed by atoms with Crippen LogP contribution in [0.1, 0.15) is 10.4 Å². The average Bonchev–Trinajstić information content (AvgIpc) is 2.07. The van der Waals surface area contributed by atoms with Crippen molar-refractivity contribution >= 4 is 30.2 Å². The molecule has 0 aromatic heterocycles. The number of carboxylic acids is 1. The maximum absolute atomic E-state index is 12.7. The Labute approximate surface area is 82.5 Å².